The Morgan fingerprint density at radius 2 is 1.05 bits per heavy atom. The van der Waals surface area contributed by atoms with E-state index in [9.17, 15) is 21.6 Å². The van der Waals surface area contributed by atoms with Crippen molar-refractivity contribution in [3.63, 3.8) is 0 Å². The molecule has 4 aromatic carbocycles. The van der Waals surface area contributed by atoms with Crippen LogP contribution in [-0.2, 0) is 32.9 Å². The van der Waals surface area contributed by atoms with E-state index in [1.54, 1.807) is 72.8 Å². The van der Waals surface area contributed by atoms with Crippen LogP contribution in [0.3, 0.4) is 0 Å². The highest BCUT2D eigenvalue weighted by Crippen LogP contribution is 2.34. The van der Waals surface area contributed by atoms with E-state index < -0.39 is 20.0 Å². The number of rotatable bonds is 5. The zero-order chi connectivity index (χ0) is 27.6. The molecule has 200 valence electrons. The molecule has 4 aromatic rings. The number of carbonyl (C=O) groups is 1. The predicted octanol–water partition coefficient (Wildman–Crippen LogP) is 5.08. The first-order chi connectivity index (χ1) is 18.7. The van der Waals surface area contributed by atoms with Gasteiger partial charge in [-0.2, -0.15) is 0 Å². The fourth-order valence-electron chi connectivity index (χ4n) is 4.84. The number of ketones is 1. The summed E-state index contributed by atoms with van der Waals surface area (Å²) in [5.41, 5.74) is 4.09. The summed E-state index contributed by atoms with van der Waals surface area (Å²) in [7, 11) is -6.96. The topological polar surface area (TPSA) is 91.8 Å². The average molecular weight is 561 g/mol. The monoisotopic (exact) mass is 560 g/mol. The van der Waals surface area contributed by atoms with Crippen molar-refractivity contribution in [2.24, 2.45) is 0 Å². The number of anilines is 2. The predicted molar refractivity (Wildman–Crippen MR) is 152 cm³/mol. The van der Waals surface area contributed by atoms with Gasteiger partial charge in [-0.25, -0.2) is 16.8 Å². The molecule has 0 N–H and O–H groups in total. The third-order valence-electron chi connectivity index (χ3n) is 6.85. The molecule has 2 heterocycles. The van der Waals surface area contributed by atoms with Crippen LogP contribution in [0.1, 0.15) is 28.4 Å². The van der Waals surface area contributed by atoms with Crippen molar-refractivity contribution in [1.29, 1.82) is 0 Å². The summed E-state index contributed by atoms with van der Waals surface area (Å²) in [5, 5.41) is 0. The molecule has 0 aliphatic carbocycles. The Labute approximate surface area is 229 Å². The van der Waals surface area contributed by atoms with E-state index in [0.717, 1.165) is 23.2 Å². The Hall–Kier alpha value is -3.95. The molecule has 2 aliphatic rings. The number of fused-ring (bicyclic) bond motifs is 2. The van der Waals surface area contributed by atoms with Gasteiger partial charge in [-0.15, -0.1) is 0 Å². The molecule has 39 heavy (non-hydrogen) atoms. The van der Waals surface area contributed by atoms with Gasteiger partial charge in [-0.05, 0) is 79.4 Å². The fourth-order valence-corrected chi connectivity index (χ4v) is 7.89. The summed E-state index contributed by atoms with van der Waals surface area (Å²) in [4.78, 5) is 12.0. The van der Waals surface area contributed by atoms with Crippen molar-refractivity contribution < 1.29 is 21.6 Å². The van der Waals surface area contributed by atoms with Gasteiger partial charge >= 0.3 is 0 Å². The zero-order valence-electron chi connectivity index (χ0n) is 21.4. The molecule has 6 rings (SSSR count). The van der Waals surface area contributed by atoms with Gasteiger partial charge in [-0.3, -0.25) is 13.4 Å². The fraction of sp³-hybridized carbons (Fsp3) is 0.167. The molecule has 0 aromatic heterocycles. The minimum Gasteiger partial charge on any atom is -0.295 e. The number of nitrogens with zero attached hydrogens (tertiary/aromatic N) is 2. The van der Waals surface area contributed by atoms with Crippen LogP contribution in [0.2, 0.25) is 0 Å². The Morgan fingerprint density at radius 3 is 1.59 bits per heavy atom. The normalized spacial score (nSPS) is 14.3. The van der Waals surface area contributed by atoms with Crippen LogP contribution < -0.4 is 8.61 Å². The summed E-state index contributed by atoms with van der Waals surface area (Å²) in [5.74, 6) is -0.0119. The summed E-state index contributed by atoms with van der Waals surface area (Å²) < 4.78 is 53.3. The Bertz CT molecular complexity index is 1720. The van der Waals surface area contributed by atoms with E-state index in [1.807, 2.05) is 30.3 Å². The molecule has 0 saturated heterocycles. The van der Waals surface area contributed by atoms with Gasteiger partial charge in [0, 0.05) is 18.7 Å². The van der Waals surface area contributed by atoms with Crippen LogP contribution in [0, 0.1) is 0 Å². The maximum atomic E-state index is 12.7. The lowest BCUT2D eigenvalue weighted by Gasteiger charge is -2.19. The SMILES string of the molecule is CC(=O)c1ccc2c(c1)CCN2S(=O)(=O)c1ccccc1.O=S(=O)(c1ccccc1)N1CCc2ccccc21. The van der Waals surface area contributed by atoms with Crippen molar-refractivity contribution >= 4 is 37.2 Å². The van der Waals surface area contributed by atoms with E-state index in [-0.39, 0.29) is 10.7 Å². The van der Waals surface area contributed by atoms with Crippen molar-refractivity contribution in [3.8, 4) is 0 Å². The molecule has 0 bridgehead atoms. The third kappa shape index (κ3) is 5.20. The van der Waals surface area contributed by atoms with Crippen LogP contribution in [0.5, 0.6) is 0 Å². The second kappa shape index (κ2) is 10.7. The smallest absolute Gasteiger partial charge is 0.264 e. The first-order valence-corrected chi connectivity index (χ1v) is 15.4. The van der Waals surface area contributed by atoms with E-state index in [0.29, 0.717) is 35.7 Å². The maximum Gasteiger partial charge on any atom is 0.264 e. The number of Topliss-reactive ketones (excluding diaryl/α,β-unsaturated/α-hetero) is 1. The molecule has 0 saturated carbocycles. The van der Waals surface area contributed by atoms with E-state index >= 15 is 0 Å². The lowest BCUT2D eigenvalue weighted by atomic mass is 10.1. The molecule has 0 spiro atoms. The van der Waals surface area contributed by atoms with Gasteiger partial charge in [0.05, 0.1) is 21.2 Å². The van der Waals surface area contributed by atoms with Crippen molar-refractivity contribution in [2.45, 2.75) is 29.6 Å². The summed E-state index contributed by atoms with van der Waals surface area (Å²) in [6.45, 7) is 2.44. The lowest BCUT2D eigenvalue weighted by molar-refractivity contribution is 0.101. The molecular formula is C30H28N2O5S2. The highest BCUT2D eigenvalue weighted by atomic mass is 32.2. The standard InChI is InChI=1S/C16H15NO3S.C14H13NO2S/c1-12(18)13-7-8-16-14(11-13)9-10-17(16)21(19,20)15-5-3-2-4-6-15;16-18(17,13-7-2-1-3-8-13)15-11-10-12-6-4-5-9-14(12)15/h2-8,11H,9-10H2,1H3;1-9H,10-11H2. The summed E-state index contributed by atoms with van der Waals surface area (Å²) in [6.07, 6.45) is 1.41. The van der Waals surface area contributed by atoms with Gasteiger partial charge in [0.15, 0.2) is 5.78 Å². The molecule has 0 amide bonds. The highest BCUT2D eigenvalue weighted by molar-refractivity contribution is 7.93. The molecule has 0 atom stereocenters. The Kier molecular flexibility index (Phi) is 7.29. The number of para-hydroxylation sites is 1. The molecule has 0 unspecified atom stereocenters. The van der Waals surface area contributed by atoms with Crippen LogP contribution in [0.15, 0.2) is 113 Å². The summed E-state index contributed by atoms with van der Waals surface area (Å²) >= 11 is 0. The number of benzene rings is 4. The van der Waals surface area contributed by atoms with Gasteiger partial charge in [0.2, 0.25) is 0 Å². The van der Waals surface area contributed by atoms with Gasteiger partial charge in [0.1, 0.15) is 0 Å². The average Bonchev–Trinajstić information content (AvgIpc) is 3.59. The summed E-state index contributed by atoms with van der Waals surface area (Å²) in [6, 6.07) is 29.8. The van der Waals surface area contributed by atoms with Gasteiger partial charge in [-0.1, -0.05) is 54.6 Å². The molecule has 9 heteroatoms. The van der Waals surface area contributed by atoms with E-state index in [2.05, 4.69) is 0 Å². The Morgan fingerprint density at radius 1 is 0.590 bits per heavy atom. The molecule has 2 aliphatic heterocycles. The highest BCUT2D eigenvalue weighted by Gasteiger charge is 2.31. The van der Waals surface area contributed by atoms with Crippen molar-refractivity contribution in [3.05, 3.63) is 120 Å². The molecular weight excluding hydrogens is 532 g/mol. The number of sulfonamides is 2. The van der Waals surface area contributed by atoms with Crippen LogP contribution in [0.25, 0.3) is 0 Å². The molecule has 7 nitrogen and oxygen atoms in total. The largest absolute Gasteiger partial charge is 0.295 e. The minimum absolute atomic E-state index is 0.0119. The van der Waals surface area contributed by atoms with Crippen molar-refractivity contribution in [1.82, 2.24) is 0 Å². The second-order valence-electron chi connectivity index (χ2n) is 9.31. The second-order valence-corrected chi connectivity index (χ2v) is 13.0. The minimum atomic E-state index is -3.54. The third-order valence-corrected chi connectivity index (χ3v) is 10.5. The maximum absolute atomic E-state index is 12.7. The lowest BCUT2D eigenvalue weighted by Crippen LogP contribution is -2.29. The van der Waals surface area contributed by atoms with Crippen LogP contribution in [-0.4, -0.2) is 35.7 Å². The van der Waals surface area contributed by atoms with Crippen LogP contribution >= 0.6 is 0 Å². The van der Waals surface area contributed by atoms with Gasteiger partial charge < -0.3 is 0 Å². The number of hydrogen-bond acceptors (Lipinski definition) is 5. The molecule has 0 radical (unpaired) electrons. The quantitative estimate of drug-likeness (QED) is 0.318. The van der Waals surface area contributed by atoms with Crippen LogP contribution in [0.4, 0.5) is 11.4 Å². The first-order valence-electron chi connectivity index (χ1n) is 12.6. The number of carbonyl (C=O) groups excluding carboxylic acids is 1. The number of hydrogen-bond donors (Lipinski definition) is 0. The van der Waals surface area contributed by atoms with Gasteiger partial charge in [0.25, 0.3) is 20.0 Å². The zero-order valence-corrected chi connectivity index (χ0v) is 23.0. The van der Waals surface area contributed by atoms with E-state index in [1.165, 1.54) is 15.5 Å². The first kappa shape index (κ1) is 26.6. The van der Waals surface area contributed by atoms with Crippen molar-refractivity contribution in [2.75, 3.05) is 21.7 Å². The van der Waals surface area contributed by atoms with E-state index in [4.69, 9.17) is 0 Å². The Balaban J connectivity index is 0.000000160. The molecule has 0 fully saturated rings.